The highest BCUT2D eigenvalue weighted by atomic mass is 32.3. The molecule has 0 amide bonds. The van der Waals surface area contributed by atoms with Gasteiger partial charge in [-0.15, -0.1) is 0 Å². The van der Waals surface area contributed by atoms with E-state index in [-0.39, 0.29) is 5.56 Å². The summed E-state index contributed by atoms with van der Waals surface area (Å²) in [6, 6.07) is 17.5. The summed E-state index contributed by atoms with van der Waals surface area (Å²) in [7, 11) is 6.49. The molecule has 3 aromatic carbocycles. The fraction of sp³-hybridized carbons (Fsp3) is 0.286. The van der Waals surface area contributed by atoms with E-state index in [4.69, 9.17) is 4.74 Å². The van der Waals surface area contributed by atoms with E-state index in [0.717, 1.165) is 37.9 Å². The summed E-state index contributed by atoms with van der Waals surface area (Å²) in [4.78, 5) is 30.4. The molecule has 0 bridgehead atoms. The van der Waals surface area contributed by atoms with Gasteiger partial charge in [0, 0.05) is 66.0 Å². The SMILES string of the molecule is Cc1ccc(C(=O)O)cc1C1(OC=O)c2ccc(N(C)C)cc2S(C)(C)c2cc(N(C)C)ccc21. The first kappa shape index (κ1) is 24.7. The molecule has 0 atom stereocenters. The summed E-state index contributed by atoms with van der Waals surface area (Å²) in [6.07, 6.45) is 4.52. The van der Waals surface area contributed by atoms with Gasteiger partial charge in [0.25, 0.3) is 6.47 Å². The van der Waals surface area contributed by atoms with E-state index in [1.165, 1.54) is 0 Å². The van der Waals surface area contributed by atoms with Crippen molar-refractivity contribution in [3.05, 3.63) is 82.4 Å². The van der Waals surface area contributed by atoms with Gasteiger partial charge in [0.05, 0.1) is 5.56 Å². The van der Waals surface area contributed by atoms with Gasteiger partial charge in [0.15, 0.2) is 5.60 Å². The second-order valence-corrected chi connectivity index (χ2v) is 13.2. The summed E-state index contributed by atoms with van der Waals surface area (Å²) < 4.78 is 6.13. The van der Waals surface area contributed by atoms with Crippen molar-refractivity contribution in [2.24, 2.45) is 0 Å². The Hall–Kier alpha value is -3.45. The largest absolute Gasteiger partial charge is 0.478 e. The van der Waals surface area contributed by atoms with E-state index in [9.17, 15) is 14.7 Å². The summed E-state index contributed by atoms with van der Waals surface area (Å²) in [6.45, 7) is 2.40. The minimum atomic E-state index is -1.52. The van der Waals surface area contributed by atoms with Crippen molar-refractivity contribution in [1.82, 2.24) is 0 Å². The van der Waals surface area contributed by atoms with Crippen LogP contribution in [0.15, 0.2) is 64.4 Å². The van der Waals surface area contributed by atoms with E-state index >= 15 is 0 Å². The predicted molar refractivity (Wildman–Crippen MR) is 143 cm³/mol. The van der Waals surface area contributed by atoms with Crippen LogP contribution in [0.25, 0.3) is 0 Å². The number of carbonyl (C=O) groups excluding carboxylic acids is 1. The second-order valence-electron chi connectivity index (χ2n) is 9.71. The zero-order valence-corrected chi connectivity index (χ0v) is 22.1. The third-order valence-corrected chi connectivity index (χ3v) is 9.78. The van der Waals surface area contributed by atoms with Gasteiger partial charge in [-0.05, 0) is 61.4 Å². The fourth-order valence-electron chi connectivity index (χ4n) is 4.96. The molecule has 6 nitrogen and oxygen atoms in total. The van der Waals surface area contributed by atoms with Crippen LogP contribution in [0.1, 0.15) is 32.6 Å². The van der Waals surface area contributed by atoms with E-state index < -0.39 is 21.6 Å². The Labute approximate surface area is 208 Å². The zero-order chi connectivity index (χ0) is 25.7. The highest BCUT2D eigenvalue weighted by Crippen LogP contribution is 2.68. The van der Waals surface area contributed by atoms with Crippen molar-refractivity contribution in [3.8, 4) is 0 Å². The molecule has 1 aliphatic heterocycles. The molecule has 3 aromatic rings. The first-order valence-electron chi connectivity index (χ1n) is 11.3. The normalized spacial score (nSPS) is 15.9. The molecule has 0 saturated heterocycles. The first-order chi connectivity index (χ1) is 16.4. The lowest BCUT2D eigenvalue weighted by atomic mass is 9.77. The number of anilines is 2. The number of aromatic carboxylic acids is 1. The molecule has 7 heteroatoms. The molecule has 0 aliphatic carbocycles. The number of rotatable bonds is 6. The standard InChI is InChI=1S/C28H32N2O4S/c1-18-8-9-19(27(32)33)14-24(18)28(34-17-31)22-12-10-20(29(2)3)15-25(22)35(6,7)26-16-21(30(4)5)11-13-23(26)28/h8-17H,1-7H3,(H,32,33). The summed E-state index contributed by atoms with van der Waals surface area (Å²) in [5.41, 5.74) is 4.20. The van der Waals surface area contributed by atoms with Crippen LogP contribution in [0.2, 0.25) is 0 Å². The molecular formula is C28H32N2O4S. The molecule has 0 radical (unpaired) electrons. The maximum Gasteiger partial charge on any atom is 0.335 e. The molecule has 4 rings (SSSR count). The Morgan fingerprint density at radius 2 is 1.37 bits per heavy atom. The number of carboxylic acids is 1. The van der Waals surface area contributed by atoms with Crippen LogP contribution >= 0.6 is 10.0 Å². The molecule has 0 unspecified atom stereocenters. The molecule has 0 spiro atoms. The summed E-state index contributed by atoms with van der Waals surface area (Å²) in [5, 5.41) is 9.76. The van der Waals surface area contributed by atoms with E-state index in [1.807, 2.05) is 59.4 Å². The minimum absolute atomic E-state index is 0.148. The Balaban J connectivity index is 2.21. The van der Waals surface area contributed by atoms with Crippen LogP contribution in [0.5, 0.6) is 0 Å². The maximum atomic E-state index is 12.2. The van der Waals surface area contributed by atoms with Crippen molar-refractivity contribution in [1.29, 1.82) is 0 Å². The van der Waals surface area contributed by atoms with Crippen LogP contribution in [0.4, 0.5) is 11.4 Å². The van der Waals surface area contributed by atoms with Crippen molar-refractivity contribution < 1.29 is 19.4 Å². The quantitative estimate of drug-likeness (QED) is 0.484. The van der Waals surface area contributed by atoms with Gasteiger partial charge in [-0.3, -0.25) is 4.79 Å². The number of carboxylic acid groups (broad SMARTS) is 1. The third-order valence-electron chi connectivity index (χ3n) is 6.91. The highest BCUT2D eigenvalue weighted by molar-refractivity contribution is 8.32. The number of aryl methyl sites for hydroxylation is 1. The number of ether oxygens (including phenoxy) is 1. The lowest BCUT2D eigenvalue weighted by molar-refractivity contribution is -0.137. The molecule has 184 valence electrons. The maximum absolute atomic E-state index is 12.2. The number of fused-ring (bicyclic) bond motifs is 2. The van der Waals surface area contributed by atoms with Crippen molar-refractivity contribution in [3.63, 3.8) is 0 Å². The molecule has 1 N–H and O–H groups in total. The Morgan fingerprint density at radius 3 is 1.80 bits per heavy atom. The number of nitrogens with zero attached hydrogens (tertiary/aromatic N) is 2. The zero-order valence-electron chi connectivity index (χ0n) is 21.2. The molecule has 35 heavy (non-hydrogen) atoms. The minimum Gasteiger partial charge on any atom is -0.478 e. The monoisotopic (exact) mass is 492 g/mol. The highest BCUT2D eigenvalue weighted by Gasteiger charge is 2.49. The molecule has 0 saturated carbocycles. The van der Waals surface area contributed by atoms with Crippen LogP contribution in [-0.4, -0.2) is 58.3 Å². The molecular weight excluding hydrogens is 460 g/mol. The van der Waals surface area contributed by atoms with Crippen molar-refractivity contribution in [2.45, 2.75) is 22.3 Å². The van der Waals surface area contributed by atoms with Gasteiger partial charge in [-0.2, -0.15) is 10.0 Å². The van der Waals surface area contributed by atoms with Gasteiger partial charge in [-0.1, -0.05) is 18.2 Å². The van der Waals surface area contributed by atoms with Gasteiger partial charge >= 0.3 is 5.97 Å². The smallest absolute Gasteiger partial charge is 0.335 e. The van der Waals surface area contributed by atoms with Crippen LogP contribution in [0.3, 0.4) is 0 Å². The van der Waals surface area contributed by atoms with E-state index in [1.54, 1.807) is 18.2 Å². The van der Waals surface area contributed by atoms with Gasteiger partial charge in [0.1, 0.15) is 0 Å². The summed E-state index contributed by atoms with van der Waals surface area (Å²) in [5.74, 6) is -1.03. The van der Waals surface area contributed by atoms with Crippen LogP contribution < -0.4 is 9.80 Å². The Kier molecular flexibility index (Phi) is 6.09. The average molecular weight is 493 g/mol. The average Bonchev–Trinajstić information content (AvgIpc) is 2.81. The topological polar surface area (TPSA) is 70.1 Å². The Bertz CT molecular complexity index is 1270. The van der Waals surface area contributed by atoms with Crippen molar-refractivity contribution >= 4 is 33.8 Å². The molecule has 0 fully saturated rings. The summed E-state index contributed by atoms with van der Waals surface area (Å²) >= 11 is 0. The van der Waals surface area contributed by atoms with E-state index in [2.05, 4.69) is 34.4 Å². The molecule has 1 aliphatic rings. The predicted octanol–water partition coefficient (Wildman–Crippen LogP) is 5.09. The first-order valence-corrected chi connectivity index (χ1v) is 13.7. The van der Waals surface area contributed by atoms with Crippen LogP contribution in [-0.2, 0) is 15.1 Å². The molecule has 1 heterocycles. The van der Waals surface area contributed by atoms with Crippen molar-refractivity contribution in [2.75, 3.05) is 50.5 Å². The number of hydrogen-bond donors (Lipinski definition) is 1. The second kappa shape index (κ2) is 8.64. The number of carbonyl (C=O) groups is 2. The van der Waals surface area contributed by atoms with Gasteiger partial charge in [-0.25, -0.2) is 4.79 Å². The lowest BCUT2D eigenvalue weighted by Crippen LogP contribution is -2.38. The number of hydrogen-bond acceptors (Lipinski definition) is 5. The number of benzene rings is 3. The fourth-order valence-corrected chi connectivity index (χ4v) is 7.55. The van der Waals surface area contributed by atoms with Gasteiger partial charge in [0.2, 0.25) is 0 Å². The Morgan fingerprint density at radius 1 is 0.857 bits per heavy atom. The van der Waals surface area contributed by atoms with E-state index in [0.29, 0.717) is 12.0 Å². The lowest BCUT2D eigenvalue weighted by Gasteiger charge is -2.49. The van der Waals surface area contributed by atoms with Gasteiger partial charge < -0.3 is 19.6 Å². The molecule has 0 aromatic heterocycles. The third kappa shape index (κ3) is 3.74. The van der Waals surface area contributed by atoms with Crippen LogP contribution in [0, 0.1) is 6.92 Å².